The third kappa shape index (κ3) is 4.36. The molecule has 0 aliphatic carbocycles. The van der Waals surface area contributed by atoms with Crippen LogP contribution in [0.25, 0.3) is 10.6 Å². The molecular formula is C22H25N3O3S. The van der Waals surface area contributed by atoms with Gasteiger partial charge in [0.25, 0.3) is 5.91 Å². The topological polar surface area (TPSA) is 58.8 Å². The maximum absolute atomic E-state index is 12.7. The average molecular weight is 412 g/mol. The van der Waals surface area contributed by atoms with Crippen molar-refractivity contribution in [2.45, 2.75) is 20.4 Å². The van der Waals surface area contributed by atoms with Crippen LogP contribution in [0.2, 0.25) is 0 Å². The Morgan fingerprint density at radius 1 is 1.17 bits per heavy atom. The second kappa shape index (κ2) is 8.39. The first kappa shape index (κ1) is 19.7. The number of piperazine rings is 1. The first-order valence-electron chi connectivity index (χ1n) is 9.71. The predicted octanol–water partition coefficient (Wildman–Crippen LogP) is 3.99. The highest BCUT2D eigenvalue weighted by molar-refractivity contribution is 7.13. The summed E-state index contributed by atoms with van der Waals surface area (Å²) in [6.07, 6.45) is 0. The molecule has 1 aliphatic heterocycles. The number of methoxy groups -OCH3 is 1. The maximum atomic E-state index is 12.7. The van der Waals surface area contributed by atoms with Crippen LogP contribution in [0, 0.1) is 13.8 Å². The summed E-state index contributed by atoms with van der Waals surface area (Å²) in [7, 11) is 1.67. The Hall–Kier alpha value is -2.64. The lowest BCUT2D eigenvalue weighted by atomic mass is 10.2. The van der Waals surface area contributed by atoms with Crippen LogP contribution >= 0.6 is 11.3 Å². The van der Waals surface area contributed by atoms with E-state index in [0.29, 0.717) is 11.3 Å². The van der Waals surface area contributed by atoms with Gasteiger partial charge in [-0.2, -0.15) is 0 Å². The quantitative estimate of drug-likeness (QED) is 0.635. The fourth-order valence-electron chi connectivity index (χ4n) is 3.60. The standard InChI is InChI=1S/C22H25N3O3S/c1-15-12-20(16(2)28-15)22(26)25-10-8-24(9-11-25)13-18-14-29-21(23-18)17-4-6-19(27-3)7-5-17/h4-7,12,14H,8-11,13H2,1-3H3. The molecule has 1 saturated heterocycles. The first-order chi connectivity index (χ1) is 14.0. The van der Waals surface area contributed by atoms with Crippen LogP contribution in [0.15, 0.2) is 40.1 Å². The van der Waals surface area contributed by atoms with Crippen molar-refractivity contribution in [1.82, 2.24) is 14.8 Å². The van der Waals surface area contributed by atoms with Gasteiger partial charge in [0.05, 0.1) is 18.4 Å². The van der Waals surface area contributed by atoms with Gasteiger partial charge in [-0.1, -0.05) is 0 Å². The van der Waals surface area contributed by atoms with E-state index in [9.17, 15) is 4.79 Å². The third-order valence-corrected chi connectivity index (χ3v) is 6.15. The number of amides is 1. The summed E-state index contributed by atoms with van der Waals surface area (Å²) in [5.74, 6) is 2.39. The van der Waals surface area contributed by atoms with E-state index >= 15 is 0 Å². The van der Waals surface area contributed by atoms with Crippen molar-refractivity contribution >= 4 is 17.2 Å². The minimum absolute atomic E-state index is 0.0643. The van der Waals surface area contributed by atoms with Crippen molar-refractivity contribution in [2.24, 2.45) is 0 Å². The summed E-state index contributed by atoms with van der Waals surface area (Å²) in [5, 5.41) is 3.14. The van der Waals surface area contributed by atoms with E-state index in [0.717, 1.165) is 60.5 Å². The number of nitrogens with zero attached hydrogens (tertiary/aromatic N) is 3. The van der Waals surface area contributed by atoms with Gasteiger partial charge in [-0.3, -0.25) is 9.69 Å². The third-order valence-electron chi connectivity index (χ3n) is 5.21. The van der Waals surface area contributed by atoms with Gasteiger partial charge in [0.1, 0.15) is 22.3 Å². The number of benzene rings is 1. The monoisotopic (exact) mass is 411 g/mol. The Kier molecular flexibility index (Phi) is 5.69. The number of hydrogen-bond acceptors (Lipinski definition) is 6. The second-order valence-electron chi connectivity index (χ2n) is 7.27. The molecule has 3 heterocycles. The molecule has 1 amide bonds. The highest BCUT2D eigenvalue weighted by Gasteiger charge is 2.25. The SMILES string of the molecule is COc1ccc(-c2nc(CN3CCN(C(=O)c4cc(C)oc4C)CC3)cs2)cc1. The highest BCUT2D eigenvalue weighted by atomic mass is 32.1. The molecule has 1 aromatic carbocycles. The van der Waals surface area contributed by atoms with Crippen molar-refractivity contribution in [3.05, 3.63) is 58.5 Å². The number of carbonyl (C=O) groups is 1. The molecule has 6 nitrogen and oxygen atoms in total. The van der Waals surface area contributed by atoms with Crippen molar-refractivity contribution in [2.75, 3.05) is 33.3 Å². The Balaban J connectivity index is 1.33. The lowest BCUT2D eigenvalue weighted by Gasteiger charge is -2.34. The Morgan fingerprint density at radius 2 is 1.90 bits per heavy atom. The zero-order valence-corrected chi connectivity index (χ0v) is 17.8. The Bertz CT molecular complexity index is 985. The number of thiazole rings is 1. The van der Waals surface area contributed by atoms with Crippen LogP contribution < -0.4 is 4.74 Å². The first-order valence-corrected chi connectivity index (χ1v) is 10.6. The molecule has 29 heavy (non-hydrogen) atoms. The highest BCUT2D eigenvalue weighted by Crippen LogP contribution is 2.26. The van der Waals surface area contributed by atoms with E-state index in [4.69, 9.17) is 14.1 Å². The van der Waals surface area contributed by atoms with Crippen molar-refractivity contribution in [3.8, 4) is 16.3 Å². The van der Waals surface area contributed by atoms with Crippen molar-refractivity contribution in [3.63, 3.8) is 0 Å². The van der Waals surface area contributed by atoms with Gasteiger partial charge < -0.3 is 14.1 Å². The molecule has 7 heteroatoms. The molecule has 0 radical (unpaired) electrons. The van der Waals surface area contributed by atoms with E-state index < -0.39 is 0 Å². The molecule has 3 aromatic rings. The van der Waals surface area contributed by atoms with E-state index in [-0.39, 0.29) is 5.91 Å². The van der Waals surface area contributed by atoms with Gasteiger partial charge in [-0.25, -0.2) is 4.98 Å². The zero-order chi connectivity index (χ0) is 20.4. The van der Waals surface area contributed by atoms with Crippen LogP contribution in [0.1, 0.15) is 27.6 Å². The molecule has 1 fully saturated rings. The van der Waals surface area contributed by atoms with E-state index in [1.807, 2.05) is 49.1 Å². The fourth-order valence-corrected chi connectivity index (χ4v) is 4.41. The van der Waals surface area contributed by atoms with Gasteiger partial charge in [0.2, 0.25) is 0 Å². The molecule has 0 atom stereocenters. The van der Waals surface area contributed by atoms with Gasteiger partial charge in [0, 0.05) is 43.7 Å². The molecule has 2 aromatic heterocycles. The van der Waals surface area contributed by atoms with Crippen LogP contribution in [0.5, 0.6) is 5.75 Å². The average Bonchev–Trinajstić information content (AvgIpc) is 3.34. The Morgan fingerprint density at radius 3 is 2.52 bits per heavy atom. The van der Waals surface area contributed by atoms with Crippen molar-refractivity contribution < 1.29 is 13.9 Å². The Labute approximate surface area is 174 Å². The van der Waals surface area contributed by atoms with Crippen LogP contribution in [-0.2, 0) is 6.54 Å². The molecule has 1 aliphatic rings. The summed E-state index contributed by atoms with van der Waals surface area (Å²) in [6, 6.07) is 9.81. The van der Waals surface area contributed by atoms with Crippen LogP contribution in [-0.4, -0.2) is 54.0 Å². The minimum atomic E-state index is 0.0643. The van der Waals surface area contributed by atoms with Crippen LogP contribution in [0.4, 0.5) is 0 Å². The van der Waals surface area contributed by atoms with E-state index in [1.54, 1.807) is 18.4 Å². The fraction of sp³-hybridized carbons (Fsp3) is 0.364. The number of hydrogen-bond donors (Lipinski definition) is 0. The molecule has 152 valence electrons. The maximum Gasteiger partial charge on any atom is 0.257 e. The summed E-state index contributed by atoms with van der Waals surface area (Å²) >= 11 is 1.66. The van der Waals surface area contributed by atoms with E-state index in [1.165, 1.54) is 0 Å². The van der Waals surface area contributed by atoms with Gasteiger partial charge in [-0.15, -0.1) is 11.3 Å². The molecule has 0 saturated carbocycles. The lowest BCUT2D eigenvalue weighted by molar-refractivity contribution is 0.0625. The summed E-state index contributed by atoms with van der Waals surface area (Å²) in [4.78, 5) is 21.8. The second-order valence-corrected chi connectivity index (χ2v) is 8.13. The molecule has 0 bridgehead atoms. The number of ether oxygens (including phenoxy) is 1. The molecule has 0 unspecified atom stereocenters. The minimum Gasteiger partial charge on any atom is -0.497 e. The molecule has 4 rings (SSSR count). The number of furan rings is 1. The largest absolute Gasteiger partial charge is 0.497 e. The predicted molar refractivity (Wildman–Crippen MR) is 113 cm³/mol. The smallest absolute Gasteiger partial charge is 0.257 e. The number of rotatable bonds is 5. The normalized spacial score (nSPS) is 14.9. The number of aryl methyl sites for hydroxylation is 2. The number of carbonyl (C=O) groups excluding carboxylic acids is 1. The van der Waals surface area contributed by atoms with E-state index in [2.05, 4.69) is 10.3 Å². The molecule has 0 N–H and O–H groups in total. The zero-order valence-electron chi connectivity index (χ0n) is 17.0. The molecular weight excluding hydrogens is 386 g/mol. The van der Waals surface area contributed by atoms with Gasteiger partial charge in [-0.05, 0) is 44.2 Å². The summed E-state index contributed by atoms with van der Waals surface area (Å²) < 4.78 is 10.7. The summed E-state index contributed by atoms with van der Waals surface area (Å²) in [6.45, 7) is 7.65. The van der Waals surface area contributed by atoms with Crippen LogP contribution in [0.3, 0.4) is 0 Å². The van der Waals surface area contributed by atoms with Gasteiger partial charge >= 0.3 is 0 Å². The van der Waals surface area contributed by atoms with Crippen molar-refractivity contribution in [1.29, 1.82) is 0 Å². The molecule has 0 spiro atoms. The summed E-state index contributed by atoms with van der Waals surface area (Å²) in [5.41, 5.74) is 2.85. The number of aromatic nitrogens is 1. The van der Waals surface area contributed by atoms with Gasteiger partial charge in [0.15, 0.2) is 0 Å². The lowest BCUT2D eigenvalue weighted by Crippen LogP contribution is -2.48.